The topological polar surface area (TPSA) is 51.2 Å². The van der Waals surface area contributed by atoms with Gasteiger partial charge in [-0.1, -0.05) is 6.58 Å². The fourth-order valence-electron chi connectivity index (χ4n) is 2.38. The maximum absolute atomic E-state index is 12.6. The van der Waals surface area contributed by atoms with E-state index >= 15 is 0 Å². The zero-order chi connectivity index (χ0) is 18.7. The summed E-state index contributed by atoms with van der Waals surface area (Å²) in [5.41, 5.74) is -0.203. The number of hydrogen-bond acceptors (Lipinski definition) is 3. The second-order valence-electron chi connectivity index (χ2n) is 5.35. The Kier molecular flexibility index (Phi) is 4.62. The van der Waals surface area contributed by atoms with Gasteiger partial charge in [-0.3, -0.25) is 9.78 Å². The number of carbonyl (C=O) groups excluding carboxylic acids is 1. The van der Waals surface area contributed by atoms with Crippen LogP contribution in [0.4, 0.5) is 18.9 Å². The molecule has 3 rings (SSSR count). The number of carbonyl (C=O) groups is 1. The van der Waals surface area contributed by atoms with Crippen LogP contribution in [-0.2, 0) is 11.0 Å². The second-order valence-corrected chi connectivity index (χ2v) is 5.35. The predicted octanol–water partition coefficient (Wildman–Crippen LogP) is 5.17. The number of rotatable bonds is 4. The molecule has 1 heterocycles. The van der Waals surface area contributed by atoms with Crippen LogP contribution >= 0.6 is 0 Å². The monoisotopic (exact) mass is 358 g/mol. The lowest BCUT2D eigenvalue weighted by atomic mass is 10.1. The molecule has 0 aliphatic carbocycles. The summed E-state index contributed by atoms with van der Waals surface area (Å²) >= 11 is 0. The SMILES string of the molecule is C=CC(=O)Nc1ccc(Oc2ccc(C(F)(F)F)cc2)c2cnccc12. The number of anilines is 1. The van der Waals surface area contributed by atoms with E-state index in [1.807, 2.05) is 0 Å². The molecule has 0 saturated heterocycles. The molecule has 0 saturated carbocycles. The minimum Gasteiger partial charge on any atom is -0.457 e. The van der Waals surface area contributed by atoms with Gasteiger partial charge in [-0.05, 0) is 48.5 Å². The molecule has 7 heteroatoms. The van der Waals surface area contributed by atoms with Crippen LogP contribution in [0, 0.1) is 0 Å². The fraction of sp³-hybridized carbons (Fsp3) is 0.0526. The van der Waals surface area contributed by atoms with Crippen LogP contribution in [0.5, 0.6) is 11.5 Å². The second kappa shape index (κ2) is 6.87. The molecule has 26 heavy (non-hydrogen) atoms. The van der Waals surface area contributed by atoms with Crippen LogP contribution in [0.3, 0.4) is 0 Å². The molecule has 0 radical (unpaired) electrons. The van der Waals surface area contributed by atoms with E-state index in [0.717, 1.165) is 18.2 Å². The summed E-state index contributed by atoms with van der Waals surface area (Å²) in [5, 5.41) is 3.97. The van der Waals surface area contributed by atoms with E-state index in [2.05, 4.69) is 16.9 Å². The zero-order valence-corrected chi connectivity index (χ0v) is 13.4. The van der Waals surface area contributed by atoms with Gasteiger partial charge >= 0.3 is 6.18 Å². The van der Waals surface area contributed by atoms with E-state index in [0.29, 0.717) is 22.2 Å². The molecule has 3 aromatic rings. The quantitative estimate of drug-likeness (QED) is 0.655. The number of nitrogens with one attached hydrogen (secondary N) is 1. The molecule has 0 spiro atoms. The average molecular weight is 358 g/mol. The first kappa shape index (κ1) is 17.5. The van der Waals surface area contributed by atoms with Crippen molar-refractivity contribution in [2.75, 3.05) is 5.32 Å². The molecule has 0 aliphatic heterocycles. The molecule has 1 N–H and O–H groups in total. The number of amides is 1. The van der Waals surface area contributed by atoms with E-state index in [1.54, 1.807) is 30.6 Å². The molecule has 0 aliphatic rings. The van der Waals surface area contributed by atoms with Gasteiger partial charge in [-0.25, -0.2) is 0 Å². The van der Waals surface area contributed by atoms with Crippen LogP contribution < -0.4 is 10.1 Å². The maximum Gasteiger partial charge on any atom is 0.416 e. The van der Waals surface area contributed by atoms with Crippen LogP contribution in [-0.4, -0.2) is 10.9 Å². The molecule has 1 aromatic heterocycles. The van der Waals surface area contributed by atoms with Crippen LogP contribution in [0.1, 0.15) is 5.56 Å². The highest BCUT2D eigenvalue weighted by molar-refractivity contribution is 6.07. The Labute approximate surface area is 146 Å². The summed E-state index contributed by atoms with van der Waals surface area (Å²) in [6, 6.07) is 9.36. The van der Waals surface area contributed by atoms with Crippen LogP contribution in [0.15, 0.2) is 67.5 Å². The van der Waals surface area contributed by atoms with Crippen LogP contribution in [0.2, 0.25) is 0 Å². The Balaban J connectivity index is 1.95. The summed E-state index contributed by atoms with van der Waals surface area (Å²) in [4.78, 5) is 15.6. The first-order chi connectivity index (χ1) is 12.4. The van der Waals surface area contributed by atoms with Gasteiger partial charge in [0.2, 0.25) is 5.91 Å². The average Bonchev–Trinajstić information content (AvgIpc) is 2.63. The van der Waals surface area contributed by atoms with E-state index in [-0.39, 0.29) is 11.7 Å². The van der Waals surface area contributed by atoms with Crippen molar-refractivity contribution in [1.82, 2.24) is 4.98 Å². The molecule has 132 valence electrons. The smallest absolute Gasteiger partial charge is 0.416 e. The number of ether oxygens (including phenoxy) is 1. The number of pyridine rings is 1. The van der Waals surface area contributed by atoms with Gasteiger partial charge in [-0.15, -0.1) is 0 Å². The summed E-state index contributed by atoms with van der Waals surface area (Å²) < 4.78 is 43.6. The lowest BCUT2D eigenvalue weighted by Crippen LogP contribution is -2.07. The number of benzene rings is 2. The van der Waals surface area contributed by atoms with Crippen molar-refractivity contribution in [2.45, 2.75) is 6.18 Å². The van der Waals surface area contributed by atoms with Crippen molar-refractivity contribution in [1.29, 1.82) is 0 Å². The van der Waals surface area contributed by atoms with Crippen molar-refractivity contribution < 1.29 is 22.7 Å². The Hall–Kier alpha value is -3.35. The molecule has 4 nitrogen and oxygen atoms in total. The summed E-state index contributed by atoms with van der Waals surface area (Å²) in [6.45, 7) is 3.41. The number of halogens is 3. The lowest BCUT2D eigenvalue weighted by molar-refractivity contribution is -0.137. The normalized spacial score (nSPS) is 11.2. The first-order valence-corrected chi connectivity index (χ1v) is 7.54. The lowest BCUT2D eigenvalue weighted by Gasteiger charge is -2.13. The van der Waals surface area contributed by atoms with Crippen molar-refractivity contribution in [2.24, 2.45) is 0 Å². The van der Waals surface area contributed by atoms with Gasteiger partial charge in [0.15, 0.2) is 0 Å². The highest BCUT2D eigenvalue weighted by atomic mass is 19.4. The molecule has 0 unspecified atom stereocenters. The fourth-order valence-corrected chi connectivity index (χ4v) is 2.38. The number of nitrogens with zero attached hydrogens (tertiary/aromatic N) is 1. The van der Waals surface area contributed by atoms with Crippen molar-refractivity contribution >= 4 is 22.4 Å². The molecule has 2 aromatic carbocycles. The van der Waals surface area contributed by atoms with Crippen molar-refractivity contribution in [3.05, 3.63) is 73.1 Å². The summed E-state index contributed by atoms with van der Waals surface area (Å²) in [6.07, 6.45) is -0.133. The molecule has 0 fully saturated rings. The Morgan fingerprint density at radius 1 is 1.08 bits per heavy atom. The van der Waals surface area contributed by atoms with Gasteiger partial charge < -0.3 is 10.1 Å². The molecule has 1 amide bonds. The third-order valence-corrected chi connectivity index (χ3v) is 3.63. The summed E-state index contributed by atoms with van der Waals surface area (Å²) in [7, 11) is 0. The minimum absolute atomic E-state index is 0.256. The highest BCUT2D eigenvalue weighted by Crippen LogP contribution is 2.35. The minimum atomic E-state index is -4.40. The van der Waals surface area contributed by atoms with Gasteiger partial charge in [0.05, 0.1) is 5.56 Å². The van der Waals surface area contributed by atoms with Gasteiger partial charge in [0, 0.05) is 28.9 Å². The largest absolute Gasteiger partial charge is 0.457 e. The Bertz CT molecular complexity index is 967. The molecule has 0 atom stereocenters. The highest BCUT2D eigenvalue weighted by Gasteiger charge is 2.30. The Morgan fingerprint density at radius 2 is 1.81 bits per heavy atom. The molecule has 0 bridgehead atoms. The standard InChI is InChI=1S/C19H13F3N2O2/c1-2-18(25)24-16-7-8-17(15-11-23-10-9-14(15)16)26-13-5-3-12(4-6-13)19(20,21)22/h2-11H,1H2,(H,24,25). The molecular weight excluding hydrogens is 345 g/mol. The van der Waals surface area contributed by atoms with E-state index in [4.69, 9.17) is 4.74 Å². The maximum atomic E-state index is 12.6. The van der Waals surface area contributed by atoms with Gasteiger partial charge in [0.1, 0.15) is 11.5 Å². The number of hydrogen-bond donors (Lipinski definition) is 1. The van der Waals surface area contributed by atoms with Gasteiger partial charge in [0.25, 0.3) is 0 Å². The van der Waals surface area contributed by atoms with Crippen molar-refractivity contribution in [3.8, 4) is 11.5 Å². The summed E-state index contributed by atoms with van der Waals surface area (Å²) in [5.74, 6) is 0.301. The van der Waals surface area contributed by atoms with Crippen LogP contribution in [0.25, 0.3) is 10.8 Å². The van der Waals surface area contributed by atoms with E-state index in [9.17, 15) is 18.0 Å². The van der Waals surface area contributed by atoms with Gasteiger partial charge in [-0.2, -0.15) is 13.2 Å². The van der Waals surface area contributed by atoms with Crippen molar-refractivity contribution in [3.63, 3.8) is 0 Å². The first-order valence-electron chi connectivity index (χ1n) is 7.54. The zero-order valence-electron chi connectivity index (χ0n) is 13.4. The number of aromatic nitrogens is 1. The molecular formula is C19H13F3N2O2. The Morgan fingerprint density at radius 3 is 2.46 bits per heavy atom. The predicted molar refractivity (Wildman–Crippen MR) is 92.1 cm³/mol. The third kappa shape index (κ3) is 3.66. The number of fused-ring (bicyclic) bond motifs is 1. The third-order valence-electron chi connectivity index (χ3n) is 3.63. The van der Waals surface area contributed by atoms with E-state index < -0.39 is 11.7 Å². The number of alkyl halides is 3. The van der Waals surface area contributed by atoms with E-state index in [1.165, 1.54) is 12.1 Å².